The monoisotopic (exact) mass is 291 g/mol. The minimum absolute atomic E-state index is 0.00717. The summed E-state index contributed by atoms with van der Waals surface area (Å²) in [7, 11) is 0. The minimum atomic E-state index is -0.0434. The van der Waals surface area contributed by atoms with Crippen LogP contribution in [0.2, 0.25) is 0 Å². The summed E-state index contributed by atoms with van der Waals surface area (Å²) in [5.74, 6) is 1.45. The number of benzene rings is 1. The van der Waals surface area contributed by atoms with E-state index in [0.29, 0.717) is 23.4 Å². The van der Waals surface area contributed by atoms with E-state index in [1.807, 2.05) is 30.3 Å². The highest BCUT2D eigenvalue weighted by Gasteiger charge is 2.65. The van der Waals surface area contributed by atoms with Crippen molar-refractivity contribution >= 4 is 17.1 Å². The fourth-order valence-electron chi connectivity index (χ4n) is 4.87. The second kappa shape index (κ2) is 4.19. The molecule has 3 nitrogen and oxygen atoms in total. The molecule has 110 valence electrons. The van der Waals surface area contributed by atoms with Gasteiger partial charge in [0.1, 0.15) is 0 Å². The first-order valence-corrected chi connectivity index (χ1v) is 8.10. The smallest absolute Gasteiger partial charge is 0.202 e. The summed E-state index contributed by atoms with van der Waals surface area (Å²) in [6.45, 7) is 0. The van der Waals surface area contributed by atoms with Crippen LogP contribution in [-0.4, -0.2) is 28.6 Å². The third-order valence-corrected chi connectivity index (χ3v) is 5.81. The van der Waals surface area contributed by atoms with Crippen LogP contribution < -0.4 is 0 Å². The SMILES string of the molecule is O=C1C=C(N2[C@@H]3[C@@H]4CC[C@H](C4)[C@@H]32)C(=O)C=C1c1ccccc1. The number of rotatable bonds is 2. The molecule has 1 aromatic rings. The first-order valence-electron chi connectivity index (χ1n) is 8.10. The predicted octanol–water partition coefficient (Wildman–Crippen LogP) is 2.59. The molecule has 3 aliphatic carbocycles. The van der Waals surface area contributed by atoms with E-state index in [1.165, 1.54) is 25.3 Å². The Labute approximate surface area is 129 Å². The van der Waals surface area contributed by atoms with Gasteiger partial charge in [-0.2, -0.15) is 0 Å². The molecule has 0 N–H and O–H groups in total. The molecule has 5 rings (SSSR count). The highest BCUT2D eigenvalue weighted by atomic mass is 16.1. The summed E-state index contributed by atoms with van der Waals surface area (Å²) in [6, 6.07) is 10.5. The number of ketones is 2. The number of carbonyl (C=O) groups is 2. The van der Waals surface area contributed by atoms with Crippen LogP contribution in [0, 0.1) is 11.8 Å². The highest BCUT2D eigenvalue weighted by molar-refractivity contribution is 6.35. The molecule has 3 fully saturated rings. The van der Waals surface area contributed by atoms with E-state index in [4.69, 9.17) is 0 Å². The van der Waals surface area contributed by atoms with Crippen LogP contribution in [0.25, 0.3) is 5.57 Å². The molecule has 4 aliphatic rings. The van der Waals surface area contributed by atoms with Crippen LogP contribution in [0.15, 0.2) is 48.2 Å². The molecule has 22 heavy (non-hydrogen) atoms. The van der Waals surface area contributed by atoms with Crippen LogP contribution in [0.5, 0.6) is 0 Å². The maximum Gasteiger partial charge on any atom is 0.202 e. The van der Waals surface area contributed by atoms with Gasteiger partial charge in [0.2, 0.25) is 5.78 Å². The van der Waals surface area contributed by atoms with Crippen LogP contribution in [0.3, 0.4) is 0 Å². The second-order valence-corrected chi connectivity index (χ2v) is 6.90. The first-order chi connectivity index (χ1) is 10.7. The lowest BCUT2D eigenvalue weighted by Crippen LogP contribution is -2.22. The van der Waals surface area contributed by atoms with Crippen molar-refractivity contribution in [1.82, 2.24) is 4.90 Å². The fourth-order valence-corrected chi connectivity index (χ4v) is 4.87. The molecule has 4 atom stereocenters. The Kier molecular flexibility index (Phi) is 2.36. The van der Waals surface area contributed by atoms with Crippen molar-refractivity contribution in [1.29, 1.82) is 0 Å². The summed E-state index contributed by atoms with van der Waals surface area (Å²) < 4.78 is 0. The number of carbonyl (C=O) groups excluding carboxylic acids is 2. The molecule has 0 spiro atoms. The molecule has 0 unspecified atom stereocenters. The van der Waals surface area contributed by atoms with Gasteiger partial charge in [0.05, 0.1) is 17.8 Å². The summed E-state index contributed by atoms with van der Waals surface area (Å²) in [6.07, 6.45) is 7.02. The van der Waals surface area contributed by atoms with Gasteiger partial charge in [0, 0.05) is 11.6 Å². The Morgan fingerprint density at radius 3 is 2.23 bits per heavy atom. The standard InChI is InChI=1S/C19H17NO2/c21-16-10-15(20-18-12-6-7-13(8-12)19(18)20)17(22)9-14(16)11-4-2-1-3-5-11/h1-5,9-10,12-13,18-19H,6-8H2/t12-,13-,18-,19+,20?/m1/s1. The lowest BCUT2D eigenvalue weighted by Gasteiger charge is -2.18. The Morgan fingerprint density at radius 1 is 0.864 bits per heavy atom. The molecular weight excluding hydrogens is 274 g/mol. The topological polar surface area (TPSA) is 37.1 Å². The fraction of sp³-hybridized carbons (Fsp3) is 0.368. The Morgan fingerprint density at radius 2 is 1.55 bits per heavy atom. The first kappa shape index (κ1) is 12.4. The quantitative estimate of drug-likeness (QED) is 0.621. The minimum Gasteiger partial charge on any atom is -0.358 e. The van der Waals surface area contributed by atoms with E-state index in [-0.39, 0.29) is 11.6 Å². The third-order valence-electron chi connectivity index (χ3n) is 5.81. The lowest BCUT2D eigenvalue weighted by molar-refractivity contribution is -0.114. The Hall–Kier alpha value is -2.16. The maximum absolute atomic E-state index is 12.5. The van der Waals surface area contributed by atoms with Gasteiger partial charge in [0.25, 0.3) is 0 Å². The molecular formula is C19H17NO2. The summed E-state index contributed by atoms with van der Waals surface area (Å²) in [5, 5.41) is 0. The predicted molar refractivity (Wildman–Crippen MR) is 82.8 cm³/mol. The zero-order valence-corrected chi connectivity index (χ0v) is 12.2. The Bertz CT molecular complexity index is 730. The van der Waals surface area contributed by atoms with Crippen LogP contribution >= 0.6 is 0 Å². The molecule has 3 heteroatoms. The van der Waals surface area contributed by atoms with Crippen LogP contribution in [0.1, 0.15) is 24.8 Å². The van der Waals surface area contributed by atoms with Gasteiger partial charge in [-0.05, 0) is 42.7 Å². The van der Waals surface area contributed by atoms with E-state index in [0.717, 1.165) is 17.4 Å². The average molecular weight is 291 g/mol. The van der Waals surface area contributed by atoms with Crippen molar-refractivity contribution in [2.45, 2.75) is 31.3 Å². The summed E-state index contributed by atoms with van der Waals surface area (Å²) in [5.41, 5.74) is 1.97. The molecule has 0 aromatic heterocycles. The highest BCUT2D eigenvalue weighted by Crippen LogP contribution is 2.60. The van der Waals surface area contributed by atoms with Gasteiger partial charge < -0.3 is 4.90 Å². The molecule has 1 aliphatic heterocycles. The van der Waals surface area contributed by atoms with Crippen molar-refractivity contribution in [2.75, 3.05) is 0 Å². The molecule has 2 saturated carbocycles. The van der Waals surface area contributed by atoms with Gasteiger partial charge in [-0.1, -0.05) is 30.3 Å². The Balaban J connectivity index is 1.44. The number of hydrogen-bond donors (Lipinski definition) is 0. The van der Waals surface area contributed by atoms with Gasteiger partial charge in [0.15, 0.2) is 5.78 Å². The zero-order valence-electron chi connectivity index (χ0n) is 12.2. The molecule has 1 aromatic carbocycles. The van der Waals surface area contributed by atoms with E-state index in [9.17, 15) is 9.59 Å². The van der Waals surface area contributed by atoms with E-state index in [1.54, 1.807) is 6.08 Å². The van der Waals surface area contributed by atoms with Gasteiger partial charge in [-0.25, -0.2) is 0 Å². The molecule has 2 bridgehead atoms. The van der Waals surface area contributed by atoms with Gasteiger partial charge in [-0.15, -0.1) is 0 Å². The maximum atomic E-state index is 12.5. The molecule has 0 radical (unpaired) electrons. The number of hydrogen-bond acceptors (Lipinski definition) is 3. The lowest BCUT2D eigenvalue weighted by atomic mass is 9.94. The number of likely N-dealkylation sites (tertiary alicyclic amines) is 1. The molecule has 1 saturated heterocycles. The molecule has 0 amide bonds. The van der Waals surface area contributed by atoms with Crippen molar-refractivity contribution < 1.29 is 9.59 Å². The normalized spacial score (nSPS) is 35.4. The number of allylic oxidation sites excluding steroid dienone is 3. The van der Waals surface area contributed by atoms with Crippen molar-refractivity contribution in [3.05, 3.63) is 53.7 Å². The average Bonchev–Trinajstić information content (AvgIpc) is 2.95. The van der Waals surface area contributed by atoms with E-state index < -0.39 is 0 Å². The number of nitrogens with zero attached hydrogens (tertiary/aromatic N) is 1. The summed E-state index contributed by atoms with van der Waals surface area (Å²) in [4.78, 5) is 27.2. The van der Waals surface area contributed by atoms with Crippen LogP contribution in [-0.2, 0) is 9.59 Å². The largest absolute Gasteiger partial charge is 0.358 e. The number of piperidine rings is 1. The molecule has 1 heterocycles. The third kappa shape index (κ3) is 1.57. The van der Waals surface area contributed by atoms with Gasteiger partial charge in [-0.3, -0.25) is 9.59 Å². The second-order valence-electron chi connectivity index (χ2n) is 6.90. The van der Waals surface area contributed by atoms with Crippen LogP contribution in [0.4, 0.5) is 0 Å². The van der Waals surface area contributed by atoms with Crippen molar-refractivity contribution in [2.24, 2.45) is 11.8 Å². The van der Waals surface area contributed by atoms with E-state index >= 15 is 0 Å². The zero-order chi connectivity index (χ0) is 14.8. The van der Waals surface area contributed by atoms with Crippen molar-refractivity contribution in [3.63, 3.8) is 0 Å². The van der Waals surface area contributed by atoms with Crippen molar-refractivity contribution in [3.8, 4) is 0 Å². The summed E-state index contributed by atoms with van der Waals surface area (Å²) >= 11 is 0. The van der Waals surface area contributed by atoms with E-state index in [2.05, 4.69) is 4.90 Å². The van der Waals surface area contributed by atoms with Gasteiger partial charge >= 0.3 is 0 Å². The number of fused-ring (bicyclic) bond motifs is 5.